The lowest BCUT2D eigenvalue weighted by molar-refractivity contribution is 0.557. The molecule has 0 heterocycles. The molecule has 0 amide bonds. The zero-order valence-corrected chi connectivity index (χ0v) is 11.5. The first-order valence-corrected chi connectivity index (χ1v) is 6.77. The van der Waals surface area contributed by atoms with Crippen LogP contribution in [0.1, 0.15) is 25.8 Å². The molecule has 1 aromatic carbocycles. The minimum atomic E-state index is 0.683. The average molecular weight is 237 g/mol. The molecule has 1 atom stereocenters. The molecular weight excluding hydrogens is 214 g/mol. The van der Waals surface area contributed by atoms with E-state index in [0.717, 1.165) is 18.8 Å². The van der Waals surface area contributed by atoms with Gasteiger partial charge in [0.2, 0.25) is 0 Å². The third-order valence-corrected chi connectivity index (χ3v) is 3.67. The molecular formula is C14H23NS. The van der Waals surface area contributed by atoms with Crippen molar-refractivity contribution in [2.24, 2.45) is 5.92 Å². The molecule has 1 aromatic rings. The number of para-hydroxylation sites is 1. The zero-order chi connectivity index (χ0) is 12.0. The topological polar surface area (TPSA) is 3.24 Å². The molecule has 1 unspecified atom stereocenters. The van der Waals surface area contributed by atoms with E-state index in [1.165, 1.54) is 17.7 Å². The Hall–Kier alpha value is -0.630. The highest BCUT2D eigenvalue weighted by molar-refractivity contribution is 7.80. The summed E-state index contributed by atoms with van der Waals surface area (Å²) < 4.78 is 0. The highest BCUT2D eigenvalue weighted by Gasteiger charge is 2.12. The molecule has 1 rings (SSSR count). The summed E-state index contributed by atoms with van der Waals surface area (Å²) in [4.78, 5) is 2.46. The minimum Gasteiger partial charge on any atom is -0.371 e. The summed E-state index contributed by atoms with van der Waals surface area (Å²) in [6, 6.07) is 8.61. The van der Waals surface area contributed by atoms with Crippen LogP contribution in [0, 0.1) is 12.8 Å². The van der Waals surface area contributed by atoms with Crippen molar-refractivity contribution >= 4 is 18.3 Å². The molecule has 90 valence electrons. The fourth-order valence-electron chi connectivity index (χ4n) is 1.94. The first-order chi connectivity index (χ1) is 7.72. The van der Waals surface area contributed by atoms with E-state index in [1.54, 1.807) is 0 Å². The first kappa shape index (κ1) is 13.4. The van der Waals surface area contributed by atoms with Gasteiger partial charge in [0.1, 0.15) is 0 Å². The molecule has 0 aromatic heterocycles. The molecule has 0 radical (unpaired) electrons. The maximum Gasteiger partial charge on any atom is 0.0395 e. The molecule has 0 spiro atoms. The van der Waals surface area contributed by atoms with E-state index in [0.29, 0.717) is 5.92 Å². The van der Waals surface area contributed by atoms with Crippen molar-refractivity contribution in [2.75, 3.05) is 23.7 Å². The monoisotopic (exact) mass is 237 g/mol. The Labute approximate surface area is 105 Å². The molecule has 0 aliphatic heterocycles. The lowest BCUT2D eigenvalue weighted by Crippen LogP contribution is -2.30. The van der Waals surface area contributed by atoms with Gasteiger partial charge in [0, 0.05) is 18.8 Å². The van der Waals surface area contributed by atoms with E-state index in [2.05, 4.69) is 62.6 Å². The van der Waals surface area contributed by atoms with Crippen LogP contribution < -0.4 is 4.90 Å². The fraction of sp³-hybridized carbons (Fsp3) is 0.571. The van der Waals surface area contributed by atoms with Gasteiger partial charge in [0.05, 0.1) is 0 Å². The zero-order valence-electron chi connectivity index (χ0n) is 10.6. The van der Waals surface area contributed by atoms with Gasteiger partial charge in [-0.2, -0.15) is 12.6 Å². The van der Waals surface area contributed by atoms with Gasteiger partial charge in [-0.05, 0) is 37.1 Å². The smallest absolute Gasteiger partial charge is 0.0395 e. The van der Waals surface area contributed by atoms with Crippen LogP contribution >= 0.6 is 12.6 Å². The molecule has 0 N–H and O–H groups in total. The van der Waals surface area contributed by atoms with Gasteiger partial charge in [0.25, 0.3) is 0 Å². The number of hydrogen-bond donors (Lipinski definition) is 1. The van der Waals surface area contributed by atoms with Crippen molar-refractivity contribution in [3.05, 3.63) is 29.8 Å². The highest BCUT2D eigenvalue weighted by atomic mass is 32.1. The number of rotatable bonds is 6. The van der Waals surface area contributed by atoms with Crippen molar-refractivity contribution in [2.45, 2.75) is 27.2 Å². The summed E-state index contributed by atoms with van der Waals surface area (Å²) in [6.07, 6.45) is 1.20. The van der Waals surface area contributed by atoms with Crippen LogP contribution in [0.5, 0.6) is 0 Å². The predicted molar refractivity (Wildman–Crippen MR) is 76.7 cm³/mol. The van der Waals surface area contributed by atoms with E-state index in [4.69, 9.17) is 0 Å². The maximum atomic E-state index is 4.42. The van der Waals surface area contributed by atoms with E-state index < -0.39 is 0 Å². The largest absolute Gasteiger partial charge is 0.371 e. The maximum absolute atomic E-state index is 4.42. The van der Waals surface area contributed by atoms with Gasteiger partial charge in [-0.1, -0.05) is 31.5 Å². The number of hydrogen-bond acceptors (Lipinski definition) is 2. The lowest BCUT2D eigenvalue weighted by atomic mass is 10.1. The Kier molecular flexibility index (Phi) is 5.75. The van der Waals surface area contributed by atoms with Gasteiger partial charge < -0.3 is 4.90 Å². The molecule has 16 heavy (non-hydrogen) atoms. The third-order valence-electron chi connectivity index (χ3n) is 3.15. The van der Waals surface area contributed by atoms with Crippen LogP contribution in [0.25, 0.3) is 0 Å². The van der Waals surface area contributed by atoms with Crippen LogP contribution in [-0.2, 0) is 0 Å². The van der Waals surface area contributed by atoms with Crippen LogP contribution in [0.2, 0.25) is 0 Å². The number of aryl methyl sites for hydroxylation is 1. The summed E-state index contributed by atoms with van der Waals surface area (Å²) >= 11 is 4.42. The second-order valence-electron chi connectivity index (χ2n) is 4.28. The van der Waals surface area contributed by atoms with Crippen molar-refractivity contribution in [1.82, 2.24) is 0 Å². The normalized spacial score (nSPS) is 12.5. The molecule has 2 heteroatoms. The summed E-state index contributed by atoms with van der Waals surface area (Å²) in [5.41, 5.74) is 2.73. The number of anilines is 1. The van der Waals surface area contributed by atoms with Crippen molar-refractivity contribution in [3.8, 4) is 0 Å². The van der Waals surface area contributed by atoms with Crippen molar-refractivity contribution < 1.29 is 0 Å². The second kappa shape index (κ2) is 6.85. The Morgan fingerprint density at radius 2 is 1.94 bits per heavy atom. The van der Waals surface area contributed by atoms with Crippen LogP contribution in [0.4, 0.5) is 5.69 Å². The number of benzene rings is 1. The first-order valence-electron chi connectivity index (χ1n) is 6.14. The Balaban J connectivity index is 2.78. The highest BCUT2D eigenvalue weighted by Crippen LogP contribution is 2.21. The van der Waals surface area contributed by atoms with Gasteiger partial charge >= 0.3 is 0 Å². The third kappa shape index (κ3) is 3.44. The van der Waals surface area contributed by atoms with Crippen LogP contribution in [0.15, 0.2) is 24.3 Å². The molecule has 0 saturated carbocycles. The van der Waals surface area contributed by atoms with E-state index in [1.807, 2.05) is 0 Å². The number of thiol groups is 1. The van der Waals surface area contributed by atoms with Crippen molar-refractivity contribution in [3.63, 3.8) is 0 Å². The second-order valence-corrected chi connectivity index (χ2v) is 4.65. The Bertz CT molecular complexity index is 307. The Morgan fingerprint density at radius 3 is 2.44 bits per heavy atom. The van der Waals surface area contributed by atoms with Crippen LogP contribution in [0.3, 0.4) is 0 Å². The minimum absolute atomic E-state index is 0.683. The molecule has 0 aliphatic rings. The quantitative estimate of drug-likeness (QED) is 0.737. The van der Waals surface area contributed by atoms with Gasteiger partial charge in [-0.25, -0.2) is 0 Å². The predicted octanol–water partition coefficient (Wildman–Crippen LogP) is 3.78. The molecule has 1 nitrogen and oxygen atoms in total. The van der Waals surface area contributed by atoms with E-state index >= 15 is 0 Å². The Morgan fingerprint density at radius 1 is 1.25 bits per heavy atom. The molecule has 0 fully saturated rings. The summed E-state index contributed by atoms with van der Waals surface area (Å²) in [5, 5.41) is 0. The van der Waals surface area contributed by atoms with Gasteiger partial charge in [-0.15, -0.1) is 0 Å². The lowest BCUT2D eigenvalue weighted by Gasteiger charge is -2.28. The van der Waals surface area contributed by atoms with E-state index in [9.17, 15) is 0 Å². The summed E-state index contributed by atoms with van der Waals surface area (Å²) in [6.45, 7) is 8.82. The standard InChI is InChI=1S/C14H23NS/c1-4-13(11-16)10-15(5-2)14-9-7-6-8-12(14)3/h6-9,13,16H,4-5,10-11H2,1-3H3. The summed E-state index contributed by atoms with van der Waals surface area (Å²) in [7, 11) is 0. The molecule has 0 aliphatic carbocycles. The number of nitrogens with zero attached hydrogens (tertiary/aromatic N) is 1. The molecule has 0 saturated heterocycles. The summed E-state index contributed by atoms with van der Waals surface area (Å²) in [5.74, 6) is 1.65. The fourth-order valence-corrected chi connectivity index (χ4v) is 2.32. The van der Waals surface area contributed by atoms with E-state index in [-0.39, 0.29) is 0 Å². The average Bonchev–Trinajstić information content (AvgIpc) is 2.32. The van der Waals surface area contributed by atoms with Crippen LogP contribution in [-0.4, -0.2) is 18.8 Å². The SMILES string of the molecule is CCC(CS)CN(CC)c1ccccc1C. The van der Waals surface area contributed by atoms with Crippen molar-refractivity contribution in [1.29, 1.82) is 0 Å². The molecule has 0 bridgehead atoms. The van der Waals surface area contributed by atoms with Gasteiger partial charge in [-0.3, -0.25) is 0 Å². The van der Waals surface area contributed by atoms with Gasteiger partial charge in [0.15, 0.2) is 0 Å².